The Balaban J connectivity index is 2.08. The predicted octanol–water partition coefficient (Wildman–Crippen LogP) is 1.79. The van der Waals surface area contributed by atoms with E-state index in [-0.39, 0.29) is 0 Å². The first-order valence-corrected chi connectivity index (χ1v) is 5.81. The van der Waals surface area contributed by atoms with E-state index in [2.05, 4.69) is 26.9 Å². The Hall–Kier alpha value is -1.34. The van der Waals surface area contributed by atoms with Crippen molar-refractivity contribution >= 4 is 0 Å². The Labute approximate surface area is 96.0 Å². The standard InChI is InChI=1S/C12H17N3O/c1-3-5-8-15-9-6-7-10(15)12-13-11(4-2)16-14-12/h10H,4,6-9H2,1-2H3/t10-/m1/s1. The average molecular weight is 219 g/mol. The van der Waals surface area contributed by atoms with Crippen molar-refractivity contribution in [1.82, 2.24) is 15.0 Å². The van der Waals surface area contributed by atoms with Crippen molar-refractivity contribution in [2.75, 3.05) is 13.1 Å². The summed E-state index contributed by atoms with van der Waals surface area (Å²) >= 11 is 0. The molecule has 0 aliphatic carbocycles. The number of hydrogen-bond donors (Lipinski definition) is 0. The molecule has 2 heterocycles. The Morgan fingerprint density at radius 2 is 2.44 bits per heavy atom. The lowest BCUT2D eigenvalue weighted by atomic mass is 10.2. The lowest BCUT2D eigenvalue weighted by molar-refractivity contribution is 0.270. The minimum absolute atomic E-state index is 0.296. The fourth-order valence-electron chi connectivity index (χ4n) is 2.04. The van der Waals surface area contributed by atoms with Crippen LogP contribution in [-0.2, 0) is 6.42 Å². The van der Waals surface area contributed by atoms with Gasteiger partial charge in [0.15, 0.2) is 5.82 Å². The summed E-state index contributed by atoms with van der Waals surface area (Å²) in [5.41, 5.74) is 0. The molecule has 0 saturated carbocycles. The molecule has 0 radical (unpaired) electrons. The van der Waals surface area contributed by atoms with E-state index in [1.165, 1.54) is 6.42 Å². The van der Waals surface area contributed by atoms with Crippen molar-refractivity contribution in [2.45, 2.75) is 39.2 Å². The normalized spacial score (nSPS) is 20.8. The van der Waals surface area contributed by atoms with E-state index in [9.17, 15) is 0 Å². The lowest BCUT2D eigenvalue weighted by Gasteiger charge is -2.18. The van der Waals surface area contributed by atoms with E-state index in [4.69, 9.17) is 4.52 Å². The van der Waals surface area contributed by atoms with Gasteiger partial charge in [-0.15, -0.1) is 5.92 Å². The van der Waals surface area contributed by atoms with E-state index in [1.807, 2.05) is 13.8 Å². The largest absolute Gasteiger partial charge is 0.339 e. The molecule has 0 bridgehead atoms. The van der Waals surface area contributed by atoms with E-state index < -0.39 is 0 Å². The van der Waals surface area contributed by atoms with Crippen molar-refractivity contribution in [3.63, 3.8) is 0 Å². The highest BCUT2D eigenvalue weighted by atomic mass is 16.5. The Morgan fingerprint density at radius 3 is 3.12 bits per heavy atom. The van der Waals surface area contributed by atoms with Gasteiger partial charge < -0.3 is 4.52 Å². The SMILES string of the molecule is CC#CCN1CCC[C@@H]1c1noc(CC)n1. The molecular formula is C12H17N3O. The van der Waals surface area contributed by atoms with Gasteiger partial charge in [0.25, 0.3) is 0 Å². The quantitative estimate of drug-likeness (QED) is 0.727. The number of aromatic nitrogens is 2. The minimum atomic E-state index is 0.296. The molecule has 0 amide bonds. The summed E-state index contributed by atoms with van der Waals surface area (Å²) in [5.74, 6) is 7.58. The van der Waals surface area contributed by atoms with Crippen LogP contribution in [0.25, 0.3) is 0 Å². The van der Waals surface area contributed by atoms with Gasteiger partial charge in [-0.25, -0.2) is 0 Å². The molecule has 0 aromatic carbocycles. The van der Waals surface area contributed by atoms with Crippen LogP contribution in [0, 0.1) is 11.8 Å². The Kier molecular flexibility index (Phi) is 3.58. The average Bonchev–Trinajstić information content (AvgIpc) is 2.94. The summed E-state index contributed by atoms with van der Waals surface area (Å²) in [7, 11) is 0. The number of nitrogens with zero attached hydrogens (tertiary/aromatic N) is 3. The Morgan fingerprint density at radius 1 is 1.56 bits per heavy atom. The summed E-state index contributed by atoms with van der Waals surface area (Å²) in [6.45, 7) is 5.77. The van der Waals surface area contributed by atoms with Crippen molar-refractivity contribution in [2.24, 2.45) is 0 Å². The molecule has 1 aromatic heterocycles. The maximum atomic E-state index is 5.16. The fourth-order valence-corrected chi connectivity index (χ4v) is 2.04. The zero-order valence-electron chi connectivity index (χ0n) is 9.86. The highest BCUT2D eigenvalue weighted by molar-refractivity contribution is 5.04. The molecule has 0 spiro atoms. The highest BCUT2D eigenvalue weighted by Crippen LogP contribution is 2.29. The number of aryl methyl sites for hydroxylation is 1. The summed E-state index contributed by atoms with van der Waals surface area (Å²) in [4.78, 5) is 6.72. The van der Waals surface area contributed by atoms with Gasteiger partial charge in [0.2, 0.25) is 5.89 Å². The number of hydrogen-bond acceptors (Lipinski definition) is 4. The van der Waals surface area contributed by atoms with Crippen molar-refractivity contribution < 1.29 is 4.52 Å². The monoisotopic (exact) mass is 219 g/mol. The molecule has 1 atom stereocenters. The highest BCUT2D eigenvalue weighted by Gasteiger charge is 2.29. The zero-order valence-corrected chi connectivity index (χ0v) is 9.86. The van der Waals surface area contributed by atoms with Gasteiger partial charge in [-0.1, -0.05) is 18.0 Å². The third-order valence-corrected chi connectivity index (χ3v) is 2.91. The lowest BCUT2D eigenvalue weighted by Crippen LogP contribution is -2.24. The summed E-state index contributed by atoms with van der Waals surface area (Å²) in [5, 5.41) is 4.05. The van der Waals surface area contributed by atoms with Gasteiger partial charge >= 0.3 is 0 Å². The van der Waals surface area contributed by atoms with Gasteiger partial charge in [-0.05, 0) is 26.3 Å². The van der Waals surface area contributed by atoms with Crippen LogP contribution in [0.15, 0.2) is 4.52 Å². The Bertz CT molecular complexity index is 402. The third-order valence-electron chi connectivity index (χ3n) is 2.91. The van der Waals surface area contributed by atoms with Crippen LogP contribution >= 0.6 is 0 Å². The predicted molar refractivity (Wildman–Crippen MR) is 60.7 cm³/mol. The third kappa shape index (κ3) is 2.25. The first-order chi connectivity index (χ1) is 7.85. The van der Waals surface area contributed by atoms with Crippen molar-refractivity contribution in [3.05, 3.63) is 11.7 Å². The number of rotatable bonds is 3. The molecule has 16 heavy (non-hydrogen) atoms. The van der Waals surface area contributed by atoms with Crippen LogP contribution in [0.1, 0.15) is 44.4 Å². The smallest absolute Gasteiger partial charge is 0.226 e. The minimum Gasteiger partial charge on any atom is -0.339 e. The van der Waals surface area contributed by atoms with Crippen LogP contribution < -0.4 is 0 Å². The zero-order chi connectivity index (χ0) is 11.4. The maximum Gasteiger partial charge on any atom is 0.226 e. The van der Waals surface area contributed by atoms with Gasteiger partial charge in [0.05, 0.1) is 12.6 Å². The van der Waals surface area contributed by atoms with Gasteiger partial charge in [-0.3, -0.25) is 4.90 Å². The van der Waals surface area contributed by atoms with E-state index in [1.54, 1.807) is 0 Å². The molecular weight excluding hydrogens is 202 g/mol. The molecule has 4 heteroatoms. The summed E-state index contributed by atoms with van der Waals surface area (Å²) in [6, 6.07) is 0.296. The van der Waals surface area contributed by atoms with Crippen LogP contribution in [0.3, 0.4) is 0 Å². The first kappa shape index (κ1) is 11.2. The van der Waals surface area contributed by atoms with Crippen LogP contribution in [0.5, 0.6) is 0 Å². The molecule has 0 unspecified atom stereocenters. The summed E-state index contributed by atoms with van der Waals surface area (Å²) < 4.78 is 5.16. The molecule has 1 fully saturated rings. The maximum absolute atomic E-state index is 5.16. The van der Waals surface area contributed by atoms with E-state index >= 15 is 0 Å². The second-order valence-corrected chi connectivity index (χ2v) is 3.96. The van der Waals surface area contributed by atoms with Crippen molar-refractivity contribution in [1.29, 1.82) is 0 Å². The first-order valence-electron chi connectivity index (χ1n) is 5.81. The second kappa shape index (κ2) is 5.13. The van der Waals surface area contributed by atoms with Crippen LogP contribution in [-0.4, -0.2) is 28.1 Å². The number of likely N-dealkylation sites (tertiary alicyclic amines) is 1. The molecule has 2 rings (SSSR count). The van der Waals surface area contributed by atoms with Crippen LogP contribution in [0.2, 0.25) is 0 Å². The summed E-state index contributed by atoms with van der Waals surface area (Å²) in [6.07, 6.45) is 3.09. The van der Waals surface area contributed by atoms with Gasteiger partial charge in [0, 0.05) is 6.42 Å². The molecule has 1 aliphatic rings. The molecule has 1 aromatic rings. The fraction of sp³-hybridized carbons (Fsp3) is 0.667. The topological polar surface area (TPSA) is 42.2 Å². The van der Waals surface area contributed by atoms with E-state index in [0.29, 0.717) is 6.04 Å². The molecule has 0 N–H and O–H groups in total. The molecule has 86 valence electrons. The molecule has 1 aliphatic heterocycles. The van der Waals surface area contributed by atoms with E-state index in [0.717, 1.165) is 37.6 Å². The molecule has 4 nitrogen and oxygen atoms in total. The van der Waals surface area contributed by atoms with Crippen molar-refractivity contribution in [3.8, 4) is 11.8 Å². The van der Waals surface area contributed by atoms with Gasteiger partial charge in [-0.2, -0.15) is 4.98 Å². The van der Waals surface area contributed by atoms with Crippen LogP contribution in [0.4, 0.5) is 0 Å². The second-order valence-electron chi connectivity index (χ2n) is 3.96. The molecule has 1 saturated heterocycles. The van der Waals surface area contributed by atoms with Gasteiger partial charge in [0.1, 0.15) is 0 Å².